The van der Waals surface area contributed by atoms with Gasteiger partial charge in [-0.25, -0.2) is 0 Å². The highest BCUT2D eigenvalue weighted by Gasteiger charge is 1.99. The largest absolute Gasteiger partial charge is 0.328 e. The Morgan fingerprint density at radius 2 is 1.38 bits per heavy atom. The predicted molar refractivity (Wildman–Crippen MR) is 58.6 cm³/mol. The van der Waals surface area contributed by atoms with Gasteiger partial charge < -0.3 is 5.73 Å². The molecule has 1 unspecified atom stereocenters. The Kier molecular flexibility index (Phi) is 5.59. The van der Waals surface area contributed by atoms with Gasteiger partial charge in [0.05, 0.1) is 0 Å². The van der Waals surface area contributed by atoms with Crippen LogP contribution in [0.1, 0.15) is 44.9 Å². The molecule has 0 amide bonds. The second kappa shape index (κ2) is 6.90. The van der Waals surface area contributed by atoms with E-state index in [1.807, 2.05) is 0 Å². The van der Waals surface area contributed by atoms with Crippen LogP contribution < -0.4 is 5.73 Å². The van der Waals surface area contributed by atoms with Crippen LogP contribution >= 0.6 is 0 Å². The molecule has 1 heteroatoms. The molecule has 0 heterocycles. The van der Waals surface area contributed by atoms with Crippen molar-refractivity contribution in [3.05, 3.63) is 24.3 Å². The summed E-state index contributed by atoms with van der Waals surface area (Å²) in [7, 11) is 0. The molecule has 0 aromatic rings. The first-order valence-corrected chi connectivity index (χ1v) is 5.45. The van der Waals surface area contributed by atoms with Crippen LogP contribution in [-0.2, 0) is 0 Å². The maximum Gasteiger partial charge on any atom is 0.00418 e. The summed E-state index contributed by atoms with van der Waals surface area (Å²) >= 11 is 0. The molecule has 0 aromatic carbocycles. The van der Waals surface area contributed by atoms with Crippen molar-refractivity contribution in [2.75, 3.05) is 0 Å². The molecule has 0 fully saturated rings. The Morgan fingerprint density at radius 1 is 0.769 bits per heavy atom. The molecule has 2 N–H and O–H groups in total. The zero-order valence-electron chi connectivity index (χ0n) is 8.41. The molecular formula is C12H21N. The first-order valence-electron chi connectivity index (χ1n) is 5.45. The molecule has 1 rings (SSSR count). The Labute approximate surface area is 81.7 Å². The third kappa shape index (κ3) is 5.64. The van der Waals surface area contributed by atoms with E-state index in [9.17, 15) is 0 Å². The van der Waals surface area contributed by atoms with E-state index in [2.05, 4.69) is 24.3 Å². The standard InChI is InChI=1S/C12H21N/c13-12-10-8-6-4-2-1-3-5-7-9-11-12/h2,4-5,7,12H,1,3,6,8-11,13H2/b4-2+,7-5-. The summed E-state index contributed by atoms with van der Waals surface area (Å²) in [6, 6.07) is 0.414. The highest BCUT2D eigenvalue weighted by atomic mass is 14.6. The van der Waals surface area contributed by atoms with Crippen LogP contribution in [0.25, 0.3) is 0 Å². The lowest BCUT2D eigenvalue weighted by Gasteiger charge is -2.09. The number of allylic oxidation sites excluding steroid dienone is 4. The van der Waals surface area contributed by atoms with Crippen molar-refractivity contribution in [1.82, 2.24) is 0 Å². The number of nitrogens with two attached hydrogens (primary N) is 1. The average Bonchev–Trinajstić information content (AvgIpc) is 2.11. The van der Waals surface area contributed by atoms with Gasteiger partial charge in [0, 0.05) is 6.04 Å². The molecular weight excluding hydrogens is 158 g/mol. The highest BCUT2D eigenvalue weighted by molar-refractivity contribution is 4.89. The maximum absolute atomic E-state index is 5.96. The smallest absolute Gasteiger partial charge is 0.00418 e. The first kappa shape index (κ1) is 10.5. The molecule has 0 spiro atoms. The van der Waals surface area contributed by atoms with E-state index in [-0.39, 0.29) is 0 Å². The minimum Gasteiger partial charge on any atom is -0.328 e. The Hall–Kier alpha value is -0.560. The summed E-state index contributed by atoms with van der Waals surface area (Å²) in [5.74, 6) is 0. The molecule has 0 saturated carbocycles. The van der Waals surface area contributed by atoms with E-state index >= 15 is 0 Å². The Balaban J connectivity index is 2.29. The summed E-state index contributed by atoms with van der Waals surface area (Å²) in [5, 5.41) is 0. The third-order valence-corrected chi connectivity index (χ3v) is 2.48. The van der Waals surface area contributed by atoms with Gasteiger partial charge in [0.25, 0.3) is 0 Å². The minimum absolute atomic E-state index is 0.414. The summed E-state index contributed by atoms with van der Waals surface area (Å²) in [6.07, 6.45) is 17.5. The predicted octanol–water partition coefficient (Wildman–Crippen LogP) is 3.17. The van der Waals surface area contributed by atoms with Gasteiger partial charge in [0.2, 0.25) is 0 Å². The van der Waals surface area contributed by atoms with Crippen LogP contribution in [0.4, 0.5) is 0 Å². The Bertz CT molecular complexity index is 170. The first-order chi connectivity index (χ1) is 6.39. The van der Waals surface area contributed by atoms with Crippen molar-refractivity contribution in [1.29, 1.82) is 0 Å². The van der Waals surface area contributed by atoms with Gasteiger partial charge in [-0.05, 0) is 44.9 Å². The van der Waals surface area contributed by atoms with Crippen molar-refractivity contribution in [2.24, 2.45) is 5.73 Å². The van der Waals surface area contributed by atoms with Gasteiger partial charge in [-0.3, -0.25) is 0 Å². The lowest BCUT2D eigenvalue weighted by Crippen LogP contribution is -2.19. The van der Waals surface area contributed by atoms with Crippen molar-refractivity contribution < 1.29 is 0 Å². The van der Waals surface area contributed by atoms with Gasteiger partial charge in [-0.1, -0.05) is 24.3 Å². The monoisotopic (exact) mass is 179 g/mol. The van der Waals surface area contributed by atoms with E-state index in [1.165, 1.54) is 32.1 Å². The number of hydrogen-bond donors (Lipinski definition) is 1. The summed E-state index contributed by atoms with van der Waals surface area (Å²) in [5.41, 5.74) is 5.96. The molecule has 1 aliphatic carbocycles. The van der Waals surface area contributed by atoms with E-state index in [0.29, 0.717) is 6.04 Å². The fourth-order valence-electron chi connectivity index (χ4n) is 1.62. The quantitative estimate of drug-likeness (QED) is 0.568. The van der Waals surface area contributed by atoms with Gasteiger partial charge in [0.1, 0.15) is 0 Å². The number of hydrogen-bond acceptors (Lipinski definition) is 1. The highest BCUT2D eigenvalue weighted by Crippen LogP contribution is 2.08. The van der Waals surface area contributed by atoms with Crippen molar-refractivity contribution >= 4 is 0 Å². The molecule has 1 nitrogen and oxygen atoms in total. The molecule has 0 aliphatic heterocycles. The van der Waals surface area contributed by atoms with Crippen LogP contribution in [0, 0.1) is 0 Å². The van der Waals surface area contributed by atoms with E-state index in [0.717, 1.165) is 12.8 Å². The van der Waals surface area contributed by atoms with Gasteiger partial charge in [-0.2, -0.15) is 0 Å². The lowest BCUT2D eigenvalue weighted by molar-refractivity contribution is 0.552. The van der Waals surface area contributed by atoms with Crippen molar-refractivity contribution in [3.63, 3.8) is 0 Å². The fourth-order valence-corrected chi connectivity index (χ4v) is 1.62. The molecule has 13 heavy (non-hydrogen) atoms. The minimum atomic E-state index is 0.414. The molecule has 1 atom stereocenters. The van der Waals surface area contributed by atoms with Crippen LogP contribution in [0.3, 0.4) is 0 Å². The molecule has 0 bridgehead atoms. The molecule has 0 saturated heterocycles. The SMILES string of the molecule is NC1CC/C=C\CC/C=C/CCC1. The zero-order valence-corrected chi connectivity index (χ0v) is 8.41. The molecule has 1 aliphatic rings. The lowest BCUT2D eigenvalue weighted by atomic mass is 10.0. The van der Waals surface area contributed by atoms with Crippen LogP contribution in [0.15, 0.2) is 24.3 Å². The van der Waals surface area contributed by atoms with E-state index < -0.39 is 0 Å². The van der Waals surface area contributed by atoms with Crippen molar-refractivity contribution in [2.45, 2.75) is 51.0 Å². The fraction of sp³-hybridized carbons (Fsp3) is 0.667. The molecule has 0 radical (unpaired) electrons. The second-order valence-electron chi connectivity index (χ2n) is 3.79. The van der Waals surface area contributed by atoms with Gasteiger partial charge >= 0.3 is 0 Å². The van der Waals surface area contributed by atoms with Crippen LogP contribution in [-0.4, -0.2) is 6.04 Å². The van der Waals surface area contributed by atoms with Gasteiger partial charge in [0.15, 0.2) is 0 Å². The van der Waals surface area contributed by atoms with Crippen LogP contribution in [0.5, 0.6) is 0 Å². The molecule has 0 aromatic heterocycles. The average molecular weight is 179 g/mol. The zero-order chi connectivity index (χ0) is 9.36. The summed E-state index contributed by atoms with van der Waals surface area (Å²) in [4.78, 5) is 0. The summed E-state index contributed by atoms with van der Waals surface area (Å²) < 4.78 is 0. The topological polar surface area (TPSA) is 26.0 Å². The maximum atomic E-state index is 5.96. The summed E-state index contributed by atoms with van der Waals surface area (Å²) in [6.45, 7) is 0. The normalized spacial score (nSPS) is 31.3. The van der Waals surface area contributed by atoms with E-state index in [1.54, 1.807) is 0 Å². The molecule has 74 valence electrons. The second-order valence-corrected chi connectivity index (χ2v) is 3.79. The van der Waals surface area contributed by atoms with Crippen LogP contribution in [0.2, 0.25) is 0 Å². The third-order valence-electron chi connectivity index (χ3n) is 2.48. The Morgan fingerprint density at radius 3 is 2.15 bits per heavy atom. The number of rotatable bonds is 0. The van der Waals surface area contributed by atoms with E-state index in [4.69, 9.17) is 5.73 Å². The van der Waals surface area contributed by atoms with Crippen molar-refractivity contribution in [3.8, 4) is 0 Å². The van der Waals surface area contributed by atoms with Gasteiger partial charge in [-0.15, -0.1) is 0 Å².